The Bertz CT molecular complexity index is 1470. The van der Waals surface area contributed by atoms with E-state index in [0.717, 1.165) is 35.5 Å². The normalized spacial score (nSPS) is 13.9. The van der Waals surface area contributed by atoms with Gasteiger partial charge in [0.1, 0.15) is 5.84 Å². The van der Waals surface area contributed by atoms with Gasteiger partial charge in [0.2, 0.25) is 9.84 Å². The predicted molar refractivity (Wildman–Crippen MR) is 146 cm³/mol. The number of carbonyl (C=O) groups is 1. The molecule has 0 amide bonds. The van der Waals surface area contributed by atoms with E-state index < -0.39 is 22.0 Å². The molecule has 0 radical (unpaired) electrons. The monoisotopic (exact) mass is 601 g/mol. The van der Waals surface area contributed by atoms with Crippen molar-refractivity contribution in [2.45, 2.75) is 27.1 Å². The number of nitrogens with one attached hydrogen (secondary N) is 1. The van der Waals surface area contributed by atoms with E-state index in [4.69, 9.17) is 25.8 Å². The van der Waals surface area contributed by atoms with Crippen LogP contribution in [0.3, 0.4) is 0 Å². The number of nitrogens with two attached hydrogens (primary N) is 1. The SMILES string of the molecule is CSc1sc(C(=N)N)cc1S(=O)(=O)c1cccc(-c2c(C)cccc2N2CCOCC2)c1.O=C(O)C(F)(F)F. The van der Waals surface area contributed by atoms with Crippen LogP contribution in [0.15, 0.2) is 62.5 Å². The van der Waals surface area contributed by atoms with Crippen LogP contribution in [0.5, 0.6) is 0 Å². The highest BCUT2D eigenvalue weighted by Gasteiger charge is 2.38. The number of nitrogens with zero attached hydrogens (tertiary/aromatic N) is 1. The number of halogens is 3. The molecule has 1 fully saturated rings. The van der Waals surface area contributed by atoms with Gasteiger partial charge in [0.25, 0.3) is 0 Å². The molecule has 0 atom stereocenters. The fourth-order valence-electron chi connectivity index (χ4n) is 3.86. The Morgan fingerprint density at radius 2 is 1.77 bits per heavy atom. The molecule has 0 saturated carbocycles. The van der Waals surface area contributed by atoms with E-state index in [-0.39, 0.29) is 15.6 Å². The number of anilines is 1. The number of hydrogen-bond donors (Lipinski definition) is 3. The first-order valence-electron chi connectivity index (χ1n) is 11.4. The highest BCUT2D eigenvalue weighted by molar-refractivity contribution is 8.01. The molecule has 14 heteroatoms. The summed E-state index contributed by atoms with van der Waals surface area (Å²) in [5.41, 5.74) is 9.68. The highest BCUT2D eigenvalue weighted by atomic mass is 32.2. The van der Waals surface area contributed by atoms with E-state index in [0.29, 0.717) is 22.3 Å². The number of aliphatic carboxylic acids is 1. The van der Waals surface area contributed by atoms with Gasteiger partial charge >= 0.3 is 12.1 Å². The lowest BCUT2D eigenvalue weighted by Gasteiger charge is -2.31. The molecule has 0 unspecified atom stereocenters. The molecular weight excluding hydrogens is 575 g/mol. The number of rotatable bonds is 6. The van der Waals surface area contributed by atoms with Crippen LogP contribution in [0.2, 0.25) is 0 Å². The van der Waals surface area contributed by atoms with E-state index in [1.54, 1.807) is 18.2 Å². The molecule has 3 aromatic rings. The molecule has 0 bridgehead atoms. The van der Waals surface area contributed by atoms with Gasteiger partial charge in [-0.05, 0) is 48.6 Å². The Hall–Kier alpha value is -3.07. The van der Waals surface area contributed by atoms with Crippen molar-refractivity contribution in [1.29, 1.82) is 5.41 Å². The number of hydrogen-bond acceptors (Lipinski definition) is 8. The van der Waals surface area contributed by atoms with Crippen molar-refractivity contribution in [3.05, 3.63) is 59.0 Å². The Balaban J connectivity index is 0.000000532. The summed E-state index contributed by atoms with van der Waals surface area (Å²) in [7, 11) is -3.77. The number of morpholine rings is 1. The predicted octanol–water partition coefficient (Wildman–Crippen LogP) is 5.03. The molecule has 39 heavy (non-hydrogen) atoms. The van der Waals surface area contributed by atoms with Gasteiger partial charge < -0.3 is 20.5 Å². The second kappa shape index (κ2) is 12.4. The summed E-state index contributed by atoms with van der Waals surface area (Å²) in [5.74, 6) is -2.89. The fourth-order valence-corrected chi connectivity index (χ4v) is 7.76. The third-order valence-corrected chi connectivity index (χ3v) is 10.0. The average molecular weight is 602 g/mol. The molecule has 4 N–H and O–H groups in total. The van der Waals surface area contributed by atoms with Gasteiger partial charge in [-0.2, -0.15) is 13.2 Å². The molecule has 1 aliphatic rings. The van der Waals surface area contributed by atoms with Gasteiger partial charge in [0, 0.05) is 24.3 Å². The van der Waals surface area contributed by atoms with Gasteiger partial charge in [-0.3, -0.25) is 5.41 Å². The van der Waals surface area contributed by atoms with Crippen LogP contribution in [0.25, 0.3) is 11.1 Å². The number of amidine groups is 1. The van der Waals surface area contributed by atoms with Gasteiger partial charge in [-0.1, -0.05) is 24.3 Å². The summed E-state index contributed by atoms with van der Waals surface area (Å²) in [5, 5.41) is 14.8. The van der Waals surface area contributed by atoms with Crippen LogP contribution < -0.4 is 10.6 Å². The van der Waals surface area contributed by atoms with E-state index in [1.165, 1.54) is 29.2 Å². The van der Waals surface area contributed by atoms with Gasteiger partial charge in [0.15, 0.2) is 0 Å². The Labute approximate surface area is 232 Å². The van der Waals surface area contributed by atoms with E-state index in [1.807, 2.05) is 31.4 Å². The minimum Gasteiger partial charge on any atom is -0.475 e. The van der Waals surface area contributed by atoms with Gasteiger partial charge in [-0.25, -0.2) is 13.2 Å². The van der Waals surface area contributed by atoms with E-state index >= 15 is 0 Å². The lowest BCUT2D eigenvalue weighted by atomic mass is 9.97. The standard InChI is InChI=1S/C23H25N3O3S3.C2HF3O2/c1-15-5-3-8-18(26-9-11-29-12-10-26)21(15)16-6-4-7-17(13-16)32(27,28)20-14-19(22(24)25)31-23(20)30-2;3-2(4,5)1(6)7/h3-8,13-14H,9-12H2,1-2H3,(H3,24,25);(H,6,7). The molecule has 0 aliphatic carbocycles. The first-order valence-corrected chi connectivity index (χ1v) is 14.9. The van der Waals surface area contributed by atoms with Crippen molar-refractivity contribution < 1.29 is 36.2 Å². The van der Waals surface area contributed by atoms with Crippen molar-refractivity contribution in [2.75, 3.05) is 37.5 Å². The molecule has 1 aromatic heterocycles. The number of alkyl halides is 3. The number of thiophene rings is 1. The number of sulfone groups is 1. The summed E-state index contributed by atoms with van der Waals surface area (Å²) < 4.78 is 65.0. The van der Waals surface area contributed by atoms with Crippen LogP contribution in [-0.2, 0) is 19.4 Å². The summed E-state index contributed by atoms with van der Waals surface area (Å²) in [6.07, 6.45) is -3.26. The number of thioether (sulfide) groups is 1. The minimum atomic E-state index is -5.08. The molecule has 1 aliphatic heterocycles. The maximum Gasteiger partial charge on any atom is 0.490 e. The zero-order chi connectivity index (χ0) is 29.0. The highest BCUT2D eigenvalue weighted by Crippen LogP contribution is 2.39. The van der Waals surface area contributed by atoms with Crippen molar-refractivity contribution in [2.24, 2.45) is 5.73 Å². The van der Waals surface area contributed by atoms with Gasteiger partial charge in [-0.15, -0.1) is 23.1 Å². The molecule has 0 spiro atoms. The maximum absolute atomic E-state index is 13.6. The minimum absolute atomic E-state index is 0.129. The lowest BCUT2D eigenvalue weighted by Crippen LogP contribution is -2.36. The van der Waals surface area contributed by atoms with Crippen molar-refractivity contribution in [1.82, 2.24) is 0 Å². The number of aryl methyl sites for hydroxylation is 1. The first kappa shape index (κ1) is 30.5. The average Bonchev–Trinajstić information content (AvgIpc) is 3.35. The molecule has 4 rings (SSSR count). The fraction of sp³-hybridized carbons (Fsp3) is 0.280. The van der Waals surface area contributed by atoms with Gasteiger partial charge in [0.05, 0.1) is 32.1 Å². The van der Waals surface area contributed by atoms with Crippen LogP contribution >= 0.6 is 23.1 Å². The van der Waals surface area contributed by atoms with Crippen molar-refractivity contribution in [3.63, 3.8) is 0 Å². The van der Waals surface area contributed by atoms with Crippen LogP contribution in [0, 0.1) is 12.3 Å². The molecule has 2 heterocycles. The number of carboxylic acid groups (broad SMARTS) is 1. The maximum atomic E-state index is 13.6. The summed E-state index contributed by atoms with van der Waals surface area (Å²) in [6, 6.07) is 14.8. The molecule has 210 valence electrons. The van der Waals surface area contributed by atoms with Crippen molar-refractivity contribution >= 4 is 50.4 Å². The quantitative estimate of drug-likeness (QED) is 0.204. The molecule has 1 saturated heterocycles. The second-order valence-corrected chi connectivity index (χ2v) is 12.3. The molecule has 8 nitrogen and oxygen atoms in total. The third kappa shape index (κ3) is 7.12. The van der Waals surface area contributed by atoms with Crippen molar-refractivity contribution in [3.8, 4) is 11.1 Å². The smallest absolute Gasteiger partial charge is 0.475 e. The van der Waals surface area contributed by atoms with Crippen LogP contribution in [0.1, 0.15) is 10.4 Å². The molecular formula is C25H26F3N3O5S3. The summed E-state index contributed by atoms with van der Waals surface area (Å²) in [6.45, 7) is 5.00. The van der Waals surface area contributed by atoms with E-state index in [2.05, 4.69) is 11.0 Å². The first-order chi connectivity index (χ1) is 18.3. The Kier molecular flexibility index (Phi) is 9.69. The number of nitrogen functional groups attached to an aromatic ring is 1. The lowest BCUT2D eigenvalue weighted by molar-refractivity contribution is -0.192. The second-order valence-electron chi connectivity index (χ2n) is 8.28. The number of benzene rings is 2. The largest absolute Gasteiger partial charge is 0.490 e. The number of carboxylic acids is 1. The Morgan fingerprint density at radius 3 is 2.33 bits per heavy atom. The summed E-state index contributed by atoms with van der Waals surface area (Å²) >= 11 is 2.58. The van der Waals surface area contributed by atoms with Crippen LogP contribution in [0.4, 0.5) is 18.9 Å². The summed E-state index contributed by atoms with van der Waals surface area (Å²) in [4.78, 5) is 12.1. The van der Waals surface area contributed by atoms with Crippen LogP contribution in [-0.4, -0.2) is 64.1 Å². The Morgan fingerprint density at radius 1 is 1.15 bits per heavy atom. The zero-order valence-electron chi connectivity index (χ0n) is 20.9. The third-order valence-electron chi connectivity index (χ3n) is 5.68. The number of ether oxygens (including phenoxy) is 1. The zero-order valence-corrected chi connectivity index (χ0v) is 23.4. The molecule has 2 aromatic carbocycles. The van der Waals surface area contributed by atoms with E-state index in [9.17, 15) is 21.6 Å². The topological polar surface area (TPSA) is 134 Å².